The molecular weight excluding hydrogens is 478 g/mol. The Morgan fingerprint density at radius 1 is 1.06 bits per heavy atom. The first-order chi connectivity index (χ1) is 17.1. The largest absolute Gasteiger partial charge is 0.354 e. The fourth-order valence-electron chi connectivity index (χ4n) is 3.91. The molecule has 1 aromatic heterocycles. The molecule has 1 amide bonds. The lowest BCUT2D eigenvalue weighted by Gasteiger charge is -2.35. The van der Waals surface area contributed by atoms with Crippen LogP contribution in [-0.4, -0.2) is 59.3 Å². The molecule has 2 heterocycles. The number of piperazine rings is 1. The molecule has 1 aliphatic rings. The van der Waals surface area contributed by atoms with Gasteiger partial charge in [-0.15, -0.1) is 0 Å². The third kappa shape index (κ3) is 7.82. The number of thioether (sulfide) groups is 1. The van der Waals surface area contributed by atoms with Gasteiger partial charge in [0.2, 0.25) is 5.91 Å². The Labute approximate surface area is 216 Å². The van der Waals surface area contributed by atoms with Gasteiger partial charge in [-0.05, 0) is 18.1 Å². The molecule has 2 aromatic carbocycles. The van der Waals surface area contributed by atoms with E-state index >= 15 is 0 Å². The summed E-state index contributed by atoms with van der Waals surface area (Å²) in [4.78, 5) is 26.1. The quantitative estimate of drug-likeness (QED) is 0.251. The van der Waals surface area contributed by atoms with E-state index in [1.807, 2.05) is 43.3 Å². The maximum atomic E-state index is 12.4. The normalized spacial score (nSPS) is 15.3. The van der Waals surface area contributed by atoms with Gasteiger partial charge in [-0.2, -0.15) is 0 Å². The molecule has 1 N–H and O–H groups in total. The first kappa shape index (κ1) is 25.2. The van der Waals surface area contributed by atoms with Crippen molar-refractivity contribution in [1.82, 2.24) is 20.2 Å². The molecular formula is C27H30ClN5OS. The minimum absolute atomic E-state index is 0.0565. The molecule has 1 fully saturated rings. The zero-order chi connectivity index (χ0) is 24.5. The number of halogens is 1. The van der Waals surface area contributed by atoms with E-state index in [4.69, 9.17) is 11.6 Å². The van der Waals surface area contributed by atoms with Crippen molar-refractivity contribution in [2.75, 3.05) is 43.4 Å². The first-order valence-electron chi connectivity index (χ1n) is 11.8. The van der Waals surface area contributed by atoms with Gasteiger partial charge < -0.3 is 10.2 Å². The highest BCUT2D eigenvalue weighted by molar-refractivity contribution is 7.99. The summed E-state index contributed by atoms with van der Waals surface area (Å²) < 4.78 is 0. The van der Waals surface area contributed by atoms with Crippen molar-refractivity contribution in [3.63, 3.8) is 0 Å². The molecule has 1 atom stereocenters. The summed E-state index contributed by atoms with van der Waals surface area (Å²) in [6.45, 7) is 6.53. The molecule has 1 saturated heterocycles. The Kier molecular flexibility index (Phi) is 9.17. The number of hydrogen-bond acceptors (Lipinski definition) is 6. The van der Waals surface area contributed by atoms with Crippen molar-refractivity contribution in [2.24, 2.45) is 0 Å². The van der Waals surface area contributed by atoms with Crippen molar-refractivity contribution < 1.29 is 4.79 Å². The standard InChI is InChI=1S/C27H30ClN5OS/c1-21(23-12-6-3-7-13-23)29-26(34)20-35-27-30-24(28)19-25(31-27)33-17-15-32(16-18-33)14-8-11-22-9-4-2-5-10-22/h2-13,19,21H,14-18,20H2,1H3,(H,29,34)/b11-8+. The molecule has 8 heteroatoms. The first-order valence-corrected chi connectivity index (χ1v) is 13.1. The molecule has 0 spiro atoms. The predicted molar refractivity (Wildman–Crippen MR) is 145 cm³/mol. The second-order valence-electron chi connectivity index (χ2n) is 8.42. The fraction of sp³-hybridized carbons (Fsp3) is 0.296. The number of rotatable bonds is 9. The molecule has 1 unspecified atom stereocenters. The van der Waals surface area contributed by atoms with E-state index in [1.165, 1.54) is 17.3 Å². The highest BCUT2D eigenvalue weighted by Crippen LogP contribution is 2.23. The lowest BCUT2D eigenvalue weighted by atomic mass is 10.1. The topological polar surface area (TPSA) is 61.4 Å². The van der Waals surface area contributed by atoms with Crippen LogP contribution in [0.3, 0.4) is 0 Å². The summed E-state index contributed by atoms with van der Waals surface area (Å²) in [5.74, 6) is 0.983. The van der Waals surface area contributed by atoms with Gasteiger partial charge in [0.15, 0.2) is 5.16 Å². The van der Waals surface area contributed by atoms with Gasteiger partial charge in [-0.1, -0.05) is 96.2 Å². The number of aromatic nitrogens is 2. The van der Waals surface area contributed by atoms with Crippen LogP contribution >= 0.6 is 23.4 Å². The van der Waals surface area contributed by atoms with Gasteiger partial charge in [-0.3, -0.25) is 9.69 Å². The van der Waals surface area contributed by atoms with E-state index in [1.54, 1.807) is 6.07 Å². The summed E-state index contributed by atoms with van der Waals surface area (Å²) in [7, 11) is 0. The molecule has 4 rings (SSSR count). The molecule has 0 aliphatic carbocycles. The number of anilines is 1. The smallest absolute Gasteiger partial charge is 0.230 e. The number of hydrogen-bond donors (Lipinski definition) is 1. The van der Waals surface area contributed by atoms with Gasteiger partial charge in [0.05, 0.1) is 11.8 Å². The van der Waals surface area contributed by atoms with Crippen molar-refractivity contribution in [2.45, 2.75) is 18.1 Å². The summed E-state index contributed by atoms with van der Waals surface area (Å²) >= 11 is 7.60. The molecule has 3 aromatic rings. The minimum Gasteiger partial charge on any atom is -0.354 e. The van der Waals surface area contributed by atoms with Gasteiger partial charge >= 0.3 is 0 Å². The third-order valence-electron chi connectivity index (χ3n) is 5.84. The summed E-state index contributed by atoms with van der Waals surface area (Å²) in [5, 5.41) is 3.93. The average Bonchev–Trinajstić information content (AvgIpc) is 2.89. The van der Waals surface area contributed by atoms with Crippen LogP contribution in [0.5, 0.6) is 0 Å². The number of nitrogens with one attached hydrogen (secondary N) is 1. The fourth-order valence-corrected chi connectivity index (χ4v) is 4.80. The highest BCUT2D eigenvalue weighted by atomic mass is 35.5. The van der Waals surface area contributed by atoms with Crippen LogP contribution in [-0.2, 0) is 4.79 Å². The van der Waals surface area contributed by atoms with E-state index in [0.717, 1.165) is 44.1 Å². The van der Waals surface area contributed by atoms with Crippen LogP contribution in [0.1, 0.15) is 24.1 Å². The van der Waals surface area contributed by atoms with Crippen LogP contribution in [0.2, 0.25) is 5.15 Å². The van der Waals surface area contributed by atoms with Crippen LogP contribution in [0.15, 0.2) is 78.0 Å². The minimum atomic E-state index is -0.0614. The van der Waals surface area contributed by atoms with Gasteiger partial charge in [0.25, 0.3) is 0 Å². The van der Waals surface area contributed by atoms with E-state index in [2.05, 4.69) is 61.5 Å². The Hall–Kier alpha value is -2.87. The Balaban J connectivity index is 1.26. The van der Waals surface area contributed by atoms with Crippen LogP contribution in [0.25, 0.3) is 6.08 Å². The zero-order valence-electron chi connectivity index (χ0n) is 19.8. The summed E-state index contributed by atoms with van der Waals surface area (Å²) in [5.41, 5.74) is 2.29. The molecule has 182 valence electrons. The highest BCUT2D eigenvalue weighted by Gasteiger charge is 2.19. The second kappa shape index (κ2) is 12.7. The van der Waals surface area contributed by atoms with Crippen LogP contribution in [0.4, 0.5) is 5.82 Å². The van der Waals surface area contributed by atoms with Crippen molar-refractivity contribution in [1.29, 1.82) is 0 Å². The lowest BCUT2D eigenvalue weighted by Crippen LogP contribution is -2.46. The molecule has 1 aliphatic heterocycles. The molecule has 0 bridgehead atoms. The maximum Gasteiger partial charge on any atom is 0.230 e. The summed E-state index contributed by atoms with van der Waals surface area (Å²) in [6, 6.07) is 22.0. The molecule has 6 nitrogen and oxygen atoms in total. The van der Waals surface area contributed by atoms with Crippen molar-refractivity contribution in [3.05, 3.63) is 89.1 Å². The van der Waals surface area contributed by atoms with Gasteiger partial charge in [0.1, 0.15) is 11.0 Å². The van der Waals surface area contributed by atoms with Crippen molar-refractivity contribution >= 4 is 41.2 Å². The average molecular weight is 508 g/mol. The number of amides is 1. The van der Waals surface area contributed by atoms with E-state index in [0.29, 0.717) is 10.3 Å². The SMILES string of the molecule is CC(NC(=O)CSc1nc(Cl)cc(N2CCN(C/C=C/c3ccccc3)CC2)n1)c1ccccc1. The van der Waals surface area contributed by atoms with E-state index in [-0.39, 0.29) is 17.7 Å². The number of carbonyl (C=O) groups is 1. The van der Waals surface area contributed by atoms with Crippen molar-refractivity contribution in [3.8, 4) is 0 Å². The lowest BCUT2D eigenvalue weighted by molar-refractivity contribution is -0.119. The third-order valence-corrected chi connectivity index (χ3v) is 6.88. The Morgan fingerprint density at radius 3 is 2.46 bits per heavy atom. The van der Waals surface area contributed by atoms with Gasteiger partial charge in [-0.25, -0.2) is 9.97 Å². The number of carbonyl (C=O) groups excluding carboxylic acids is 1. The predicted octanol–water partition coefficient (Wildman–Crippen LogP) is 4.93. The Morgan fingerprint density at radius 2 is 1.74 bits per heavy atom. The monoisotopic (exact) mass is 507 g/mol. The molecule has 0 saturated carbocycles. The number of nitrogens with zero attached hydrogens (tertiary/aromatic N) is 4. The van der Waals surface area contributed by atoms with E-state index in [9.17, 15) is 4.79 Å². The zero-order valence-corrected chi connectivity index (χ0v) is 21.4. The maximum absolute atomic E-state index is 12.4. The van der Waals surface area contributed by atoms with E-state index < -0.39 is 0 Å². The molecule has 0 radical (unpaired) electrons. The number of benzene rings is 2. The van der Waals surface area contributed by atoms with Gasteiger partial charge in [0, 0.05) is 38.8 Å². The second-order valence-corrected chi connectivity index (χ2v) is 9.75. The van der Waals surface area contributed by atoms with Crippen LogP contribution < -0.4 is 10.2 Å². The van der Waals surface area contributed by atoms with Crippen LogP contribution in [0, 0.1) is 0 Å². The molecule has 35 heavy (non-hydrogen) atoms. The Bertz CT molecular complexity index is 1120. The summed E-state index contributed by atoms with van der Waals surface area (Å²) in [6.07, 6.45) is 4.38.